The molecule has 0 bridgehead atoms. The van der Waals surface area contributed by atoms with Crippen LogP contribution in [0.15, 0.2) is 35.1 Å². The second-order valence-corrected chi connectivity index (χ2v) is 8.67. The third kappa shape index (κ3) is 4.28. The summed E-state index contributed by atoms with van der Waals surface area (Å²) in [6.45, 7) is 5.56. The summed E-state index contributed by atoms with van der Waals surface area (Å²) < 4.78 is 1.44. The van der Waals surface area contributed by atoms with Gasteiger partial charge in [-0.3, -0.25) is 19.0 Å². The van der Waals surface area contributed by atoms with Crippen LogP contribution in [0.2, 0.25) is 5.02 Å². The predicted octanol–water partition coefficient (Wildman–Crippen LogP) is 3.15. The van der Waals surface area contributed by atoms with Crippen molar-refractivity contribution in [1.29, 1.82) is 0 Å². The normalized spacial score (nSPS) is 16.2. The van der Waals surface area contributed by atoms with Gasteiger partial charge in [0.2, 0.25) is 0 Å². The van der Waals surface area contributed by atoms with Crippen LogP contribution < -0.4 is 10.9 Å². The van der Waals surface area contributed by atoms with Gasteiger partial charge in [-0.1, -0.05) is 32.4 Å². The van der Waals surface area contributed by atoms with E-state index in [9.17, 15) is 19.5 Å². The van der Waals surface area contributed by atoms with Gasteiger partial charge in [-0.15, -0.1) is 0 Å². The standard InChI is InChI=1S/C22H25ClN2O4/c1-4-14(12-26)24-20(28)17-9-16-18(10-22(2,3)11-19(16)27)25(21(17)29)15-7-5-13(23)6-8-15/h5-9,14,26H,4,10-12H2,1-3H3,(H,24,28)/t14-/m1/s1. The largest absolute Gasteiger partial charge is 0.394 e. The summed E-state index contributed by atoms with van der Waals surface area (Å²) in [6, 6.07) is 7.66. The number of aliphatic hydroxyl groups excluding tert-OH is 1. The maximum Gasteiger partial charge on any atom is 0.268 e. The van der Waals surface area contributed by atoms with Crippen LogP contribution in [0.4, 0.5) is 0 Å². The highest BCUT2D eigenvalue weighted by atomic mass is 35.5. The van der Waals surface area contributed by atoms with Crippen LogP contribution in [0.25, 0.3) is 5.69 Å². The molecule has 2 aromatic rings. The molecule has 154 valence electrons. The Kier molecular flexibility index (Phi) is 5.96. The monoisotopic (exact) mass is 416 g/mol. The number of nitrogens with one attached hydrogen (secondary N) is 1. The lowest BCUT2D eigenvalue weighted by Gasteiger charge is -2.32. The molecule has 1 aromatic heterocycles. The molecule has 1 heterocycles. The van der Waals surface area contributed by atoms with Crippen molar-refractivity contribution in [1.82, 2.24) is 9.88 Å². The van der Waals surface area contributed by atoms with Crippen molar-refractivity contribution in [2.24, 2.45) is 5.41 Å². The Balaban J connectivity index is 2.23. The van der Waals surface area contributed by atoms with E-state index in [0.29, 0.717) is 41.2 Å². The number of aliphatic hydroxyl groups is 1. The first-order valence-corrected chi connectivity index (χ1v) is 10.0. The van der Waals surface area contributed by atoms with E-state index >= 15 is 0 Å². The van der Waals surface area contributed by atoms with E-state index in [1.54, 1.807) is 24.3 Å². The van der Waals surface area contributed by atoms with Crippen molar-refractivity contribution in [3.63, 3.8) is 0 Å². The fourth-order valence-corrected chi connectivity index (χ4v) is 3.81. The SMILES string of the molecule is CC[C@H](CO)NC(=O)c1cc2c(n(-c3ccc(Cl)cc3)c1=O)CC(C)(C)CC2=O. The van der Waals surface area contributed by atoms with E-state index in [0.717, 1.165) is 0 Å². The second-order valence-electron chi connectivity index (χ2n) is 8.24. The van der Waals surface area contributed by atoms with Crippen molar-refractivity contribution >= 4 is 23.3 Å². The number of rotatable bonds is 5. The van der Waals surface area contributed by atoms with E-state index in [-0.39, 0.29) is 23.4 Å². The van der Waals surface area contributed by atoms with E-state index in [4.69, 9.17) is 11.6 Å². The average Bonchev–Trinajstić information content (AvgIpc) is 2.66. The molecule has 1 atom stereocenters. The third-order valence-electron chi connectivity index (χ3n) is 5.27. The van der Waals surface area contributed by atoms with Crippen LogP contribution in [0.5, 0.6) is 0 Å². The maximum atomic E-state index is 13.3. The molecule has 1 aromatic carbocycles. The number of hydrogen-bond donors (Lipinski definition) is 2. The summed E-state index contributed by atoms with van der Waals surface area (Å²) in [5, 5.41) is 12.6. The van der Waals surface area contributed by atoms with E-state index < -0.39 is 17.5 Å². The first kappa shape index (κ1) is 21.3. The number of benzene rings is 1. The number of carbonyl (C=O) groups excluding carboxylic acids is 2. The third-order valence-corrected chi connectivity index (χ3v) is 5.52. The molecule has 0 fully saturated rings. The molecule has 29 heavy (non-hydrogen) atoms. The zero-order valence-electron chi connectivity index (χ0n) is 16.8. The fraction of sp³-hybridized carbons (Fsp3) is 0.409. The van der Waals surface area contributed by atoms with Crippen LogP contribution >= 0.6 is 11.6 Å². The minimum Gasteiger partial charge on any atom is -0.394 e. The molecule has 2 N–H and O–H groups in total. The molecule has 0 aliphatic heterocycles. The molecule has 0 saturated heterocycles. The molecule has 1 aliphatic rings. The van der Waals surface area contributed by atoms with Gasteiger partial charge in [0.15, 0.2) is 5.78 Å². The lowest BCUT2D eigenvalue weighted by atomic mass is 9.75. The van der Waals surface area contributed by atoms with Crippen LogP contribution in [0, 0.1) is 5.41 Å². The molecular weight excluding hydrogens is 392 g/mol. The Morgan fingerprint density at radius 3 is 2.48 bits per heavy atom. The first-order chi connectivity index (χ1) is 13.7. The molecule has 3 rings (SSSR count). The lowest BCUT2D eigenvalue weighted by Crippen LogP contribution is -2.42. The molecule has 1 aliphatic carbocycles. The predicted molar refractivity (Wildman–Crippen MR) is 112 cm³/mol. The second kappa shape index (κ2) is 8.13. The number of halogens is 1. The minimum absolute atomic E-state index is 0.0952. The number of pyridine rings is 1. The molecule has 0 unspecified atom stereocenters. The van der Waals surface area contributed by atoms with Gasteiger partial charge in [-0.05, 0) is 48.6 Å². The van der Waals surface area contributed by atoms with E-state index in [1.807, 2.05) is 20.8 Å². The van der Waals surface area contributed by atoms with Crippen molar-refractivity contribution < 1.29 is 14.7 Å². The summed E-state index contributed by atoms with van der Waals surface area (Å²) in [4.78, 5) is 39.0. The molecule has 0 radical (unpaired) electrons. The fourth-order valence-electron chi connectivity index (χ4n) is 3.68. The van der Waals surface area contributed by atoms with E-state index in [1.165, 1.54) is 10.6 Å². The van der Waals surface area contributed by atoms with Gasteiger partial charge >= 0.3 is 0 Å². The summed E-state index contributed by atoms with van der Waals surface area (Å²) in [7, 11) is 0. The number of Topliss-reactive ketones (excluding diaryl/α,β-unsaturated/α-hetero) is 1. The number of aromatic nitrogens is 1. The summed E-state index contributed by atoms with van der Waals surface area (Å²) in [6.07, 6.45) is 1.39. The average molecular weight is 417 g/mol. The number of hydrogen-bond acceptors (Lipinski definition) is 4. The van der Waals surface area contributed by atoms with Gasteiger partial charge in [0.1, 0.15) is 5.56 Å². The lowest BCUT2D eigenvalue weighted by molar-refractivity contribution is 0.0907. The highest BCUT2D eigenvalue weighted by Gasteiger charge is 2.35. The maximum absolute atomic E-state index is 13.3. The van der Waals surface area contributed by atoms with Gasteiger partial charge in [0.25, 0.3) is 11.5 Å². The molecule has 7 heteroatoms. The highest BCUT2D eigenvalue weighted by molar-refractivity contribution is 6.30. The van der Waals surface area contributed by atoms with Gasteiger partial charge in [-0.2, -0.15) is 0 Å². The van der Waals surface area contributed by atoms with Crippen molar-refractivity contribution in [2.45, 2.75) is 46.1 Å². The number of nitrogens with zero attached hydrogens (tertiary/aromatic N) is 1. The van der Waals surface area contributed by atoms with Crippen LogP contribution in [-0.4, -0.2) is 34.0 Å². The van der Waals surface area contributed by atoms with Gasteiger partial charge in [0, 0.05) is 28.4 Å². The minimum atomic E-state index is -0.598. The van der Waals surface area contributed by atoms with Crippen molar-refractivity contribution in [3.05, 3.63) is 62.5 Å². The number of carbonyl (C=O) groups is 2. The molecule has 6 nitrogen and oxygen atoms in total. The smallest absolute Gasteiger partial charge is 0.268 e. The van der Waals surface area contributed by atoms with Crippen molar-refractivity contribution in [2.75, 3.05) is 6.61 Å². The summed E-state index contributed by atoms with van der Waals surface area (Å²) in [5.41, 5.74) is 0.634. The molecule has 1 amide bonds. The molecule has 0 spiro atoms. The Labute approximate surface area is 174 Å². The van der Waals surface area contributed by atoms with Gasteiger partial charge in [-0.25, -0.2) is 0 Å². The Bertz CT molecular complexity index is 1000. The van der Waals surface area contributed by atoms with Crippen LogP contribution in [0.3, 0.4) is 0 Å². The quantitative estimate of drug-likeness (QED) is 0.783. The zero-order chi connectivity index (χ0) is 21.3. The first-order valence-electron chi connectivity index (χ1n) is 9.66. The molecular formula is C22H25ClN2O4. The topological polar surface area (TPSA) is 88.4 Å². The Morgan fingerprint density at radius 2 is 1.90 bits per heavy atom. The highest BCUT2D eigenvalue weighted by Crippen LogP contribution is 2.35. The van der Waals surface area contributed by atoms with Gasteiger partial charge in [0.05, 0.1) is 12.6 Å². The molecule has 0 saturated carbocycles. The number of fused-ring (bicyclic) bond motifs is 1. The van der Waals surface area contributed by atoms with Crippen LogP contribution in [0.1, 0.15) is 60.0 Å². The van der Waals surface area contributed by atoms with Crippen LogP contribution in [-0.2, 0) is 6.42 Å². The zero-order valence-corrected chi connectivity index (χ0v) is 17.5. The summed E-state index contributed by atoms with van der Waals surface area (Å²) >= 11 is 5.99. The van der Waals surface area contributed by atoms with Crippen molar-refractivity contribution in [3.8, 4) is 5.69 Å². The van der Waals surface area contributed by atoms with Gasteiger partial charge < -0.3 is 10.4 Å². The Hall–Kier alpha value is -2.44. The number of ketones is 1. The Morgan fingerprint density at radius 1 is 1.24 bits per heavy atom. The number of amides is 1. The summed E-state index contributed by atoms with van der Waals surface area (Å²) in [5.74, 6) is -0.693. The van der Waals surface area contributed by atoms with E-state index in [2.05, 4.69) is 5.32 Å².